The number of benzene rings is 2. The summed E-state index contributed by atoms with van der Waals surface area (Å²) in [5.74, 6) is 0.0591. The molecule has 3 amide bonds. The summed E-state index contributed by atoms with van der Waals surface area (Å²) in [6, 6.07) is 10.7. The number of anilines is 1. The smallest absolute Gasteiger partial charge is 0.319 e. The van der Waals surface area contributed by atoms with Gasteiger partial charge in [-0.1, -0.05) is 29.8 Å². The van der Waals surface area contributed by atoms with Gasteiger partial charge in [0.05, 0.1) is 0 Å². The van der Waals surface area contributed by atoms with E-state index in [1.54, 1.807) is 18.2 Å². The molecule has 0 radical (unpaired) electrons. The van der Waals surface area contributed by atoms with Crippen molar-refractivity contribution in [3.63, 3.8) is 0 Å². The highest BCUT2D eigenvalue weighted by Gasteiger charge is 2.28. The van der Waals surface area contributed by atoms with Gasteiger partial charge in [0, 0.05) is 42.0 Å². The Hall–Kier alpha value is -2.57. The number of nitrogens with zero attached hydrogens (tertiary/aromatic N) is 1. The fourth-order valence-electron chi connectivity index (χ4n) is 3.23. The average molecular weight is 402 g/mol. The quantitative estimate of drug-likeness (QED) is 0.692. The third-order valence-corrected chi connectivity index (χ3v) is 5.12. The molecule has 1 aliphatic rings. The van der Waals surface area contributed by atoms with Crippen molar-refractivity contribution >= 4 is 29.2 Å². The zero-order valence-electron chi connectivity index (χ0n) is 16.0. The Morgan fingerprint density at radius 1 is 1.25 bits per heavy atom. The molecule has 2 aromatic rings. The maximum atomic E-state index is 12.3. The first-order valence-electron chi connectivity index (χ1n) is 9.26. The number of nitrogens with one attached hydrogen (secondary N) is 2. The highest BCUT2D eigenvalue weighted by molar-refractivity contribution is 6.31. The number of carbonyl (C=O) groups excluding carboxylic acids is 2. The molecule has 28 heavy (non-hydrogen) atoms. The second-order valence-corrected chi connectivity index (χ2v) is 7.51. The monoisotopic (exact) mass is 401 g/mol. The molecular formula is C21H24ClN3O3. The summed E-state index contributed by atoms with van der Waals surface area (Å²) in [5, 5.41) is 15.1. The number of carbonyl (C=O) groups is 2. The van der Waals surface area contributed by atoms with Gasteiger partial charge in [0.15, 0.2) is 0 Å². The molecule has 2 aromatic carbocycles. The Labute approximate surface area is 169 Å². The van der Waals surface area contributed by atoms with Gasteiger partial charge in [-0.3, -0.25) is 4.79 Å². The number of aliphatic hydroxyl groups excluding tert-OH is 1. The van der Waals surface area contributed by atoms with Gasteiger partial charge in [-0.2, -0.15) is 0 Å². The molecule has 0 unspecified atom stereocenters. The van der Waals surface area contributed by atoms with E-state index in [1.807, 2.05) is 36.9 Å². The molecule has 0 aromatic heterocycles. The SMILES string of the molecule is CC(C)N1Cc2cc(CNC(=O)Nc3ccc(CCO)c(Cl)c3)ccc2C1=O. The number of rotatable bonds is 6. The molecule has 148 valence electrons. The van der Waals surface area contributed by atoms with Gasteiger partial charge in [0.2, 0.25) is 0 Å². The topological polar surface area (TPSA) is 81.7 Å². The first-order valence-corrected chi connectivity index (χ1v) is 9.63. The van der Waals surface area contributed by atoms with Crippen LogP contribution in [-0.4, -0.2) is 34.6 Å². The second kappa shape index (κ2) is 8.63. The van der Waals surface area contributed by atoms with Crippen LogP contribution < -0.4 is 10.6 Å². The minimum absolute atomic E-state index is 0.0221. The molecule has 0 bridgehead atoms. The van der Waals surface area contributed by atoms with Gasteiger partial charge >= 0.3 is 6.03 Å². The Balaban J connectivity index is 1.58. The van der Waals surface area contributed by atoms with Crippen LogP contribution in [0.15, 0.2) is 36.4 Å². The number of amides is 3. The lowest BCUT2D eigenvalue weighted by molar-refractivity contribution is 0.0730. The van der Waals surface area contributed by atoms with E-state index in [-0.39, 0.29) is 24.6 Å². The van der Waals surface area contributed by atoms with Crippen LogP contribution in [0, 0.1) is 0 Å². The lowest BCUT2D eigenvalue weighted by Crippen LogP contribution is -2.30. The largest absolute Gasteiger partial charge is 0.396 e. The first-order chi connectivity index (χ1) is 13.4. The van der Waals surface area contributed by atoms with E-state index in [9.17, 15) is 9.59 Å². The van der Waals surface area contributed by atoms with E-state index in [2.05, 4.69) is 10.6 Å². The van der Waals surface area contributed by atoms with Crippen molar-refractivity contribution in [1.29, 1.82) is 0 Å². The summed E-state index contributed by atoms with van der Waals surface area (Å²) in [6.45, 7) is 4.97. The summed E-state index contributed by atoms with van der Waals surface area (Å²) < 4.78 is 0. The summed E-state index contributed by atoms with van der Waals surface area (Å²) >= 11 is 6.15. The Morgan fingerprint density at radius 2 is 2.04 bits per heavy atom. The molecule has 6 nitrogen and oxygen atoms in total. The minimum Gasteiger partial charge on any atom is -0.396 e. The van der Waals surface area contributed by atoms with Crippen molar-refractivity contribution in [2.24, 2.45) is 0 Å². The third-order valence-electron chi connectivity index (χ3n) is 4.77. The van der Waals surface area contributed by atoms with Crippen molar-refractivity contribution in [2.75, 3.05) is 11.9 Å². The fraction of sp³-hybridized carbons (Fsp3) is 0.333. The Kier molecular flexibility index (Phi) is 6.21. The fourth-order valence-corrected chi connectivity index (χ4v) is 3.50. The van der Waals surface area contributed by atoms with E-state index >= 15 is 0 Å². The van der Waals surface area contributed by atoms with Crippen LogP contribution in [0.25, 0.3) is 0 Å². The molecule has 1 aliphatic heterocycles. The zero-order chi connectivity index (χ0) is 20.3. The molecule has 0 fully saturated rings. The summed E-state index contributed by atoms with van der Waals surface area (Å²) in [5.41, 5.74) is 4.07. The van der Waals surface area contributed by atoms with Crippen LogP contribution in [0.5, 0.6) is 0 Å². The normalized spacial score (nSPS) is 13.0. The molecular weight excluding hydrogens is 378 g/mol. The van der Waals surface area contributed by atoms with E-state index in [4.69, 9.17) is 16.7 Å². The number of halogens is 1. The molecule has 0 saturated carbocycles. The lowest BCUT2D eigenvalue weighted by Gasteiger charge is -2.19. The summed E-state index contributed by atoms with van der Waals surface area (Å²) in [7, 11) is 0. The van der Waals surface area contributed by atoms with Gasteiger partial charge in [-0.25, -0.2) is 4.79 Å². The predicted molar refractivity (Wildman–Crippen MR) is 110 cm³/mol. The van der Waals surface area contributed by atoms with Gasteiger partial charge in [-0.15, -0.1) is 0 Å². The molecule has 1 heterocycles. The van der Waals surface area contributed by atoms with Crippen LogP contribution >= 0.6 is 11.6 Å². The second-order valence-electron chi connectivity index (χ2n) is 7.11. The van der Waals surface area contributed by atoms with Crippen molar-refractivity contribution < 1.29 is 14.7 Å². The van der Waals surface area contributed by atoms with E-state index in [0.717, 1.165) is 22.3 Å². The molecule has 3 rings (SSSR count). The minimum atomic E-state index is -0.341. The van der Waals surface area contributed by atoms with E-state index in [1.165, 1.54) is 0 Å². The summed E-state index contributed by atoms with van der Waals surface area (Å²) in [4.78, 5) is 26.3. The third kappa shape index (κ3) is 4.46. The number of aliphatic hydroxyl groups is 1. The van der Waals surface area contributed by atoms with Gasteiger partial charge < -0.3 is 20.6 Å². The van der Waals surface area contributed by atoms with Crippen molar-refractivity contribution in [2.45, 2.75) is 39.4 Å². The number of fused-ring (bicyclic) bond motifs is 1. The van der Waals surface area contributed by atoms with E-state index < -0.39 is 0 Å². The number of hydrogen-bond donors (Lipinski definition) is 3. The predicted octanol–water partition coefficient (Wildman–Crippen LogP) is 3.56. The van der Waals surface area contributed by atoms with E-state index in [0.29, 0.717) is 30.2 Å². The van der Waals surface area contributed by atoms with Crippen molar-refractivity contribution in [3.8, 4) is 0 Å². The number of urea groups is 1. The molecule has 0 saturated heterocycles. The molecule has 3 N–H and O–H groups in total. The standard InChI is InChI=1S/C21H24ClN3O3/c1-13(2)25-12-16-9-14(3-6-18(16)20(25)27)11-23-21(28)24-17-5-4-15(7-8-26)19(22)10-17/h3-6,9-10,13,26H,7-8,11-12H2,1-2H3,(H2,23,24,28). The number of hydrogen-bond acceptors (Lipinski definition) is 3. The van der Waals surface area contributed by atoms with Crippen LogP contribution in [0.2, 0.25) is 5.02 Å². The Bertz CT molecular complexity index is 898. The Morgan fingerprint density at radius 3 is 2.71 bits per heavy atom. The molecule has 0 atom stereocenters. The molecule has 0 spiro atoms. The maximum absolute atomic E-state index is 12.3. The van der Waals surface area contributed by atoms with Crippen molar-refractivity contribution in [3.05, 3.63) is 63.7 Å². The van der Waals surface area contributed by atoms with Crippen LogP contribution in [-0.2, 0) is 19.5 Å². The zero-order valence-corrected chi connectivity index (χ0v) is 16.7. The van der Waals surface area contributed by atoms with Crippen LogP contribution in [0.4, 0.5) is 10.5 Å². The molecule has 7 heteroatoms. The molecule has 0 aliphatic carbocycles. The first kappa shape index (κ1) is 20.2. The van der Waals surface area contributed by atoms with Crippen LogP contribution in [0.1, 0.15) is 40.9 Å². The van der Waals surface area contributed by atoms with Gasteiger partial charge in [0.25, 0.3) is 5.91 Å². The lowest BCUT2D eigenvalue weighted by atomic mass is 10.1. The average Bonchev–Trinajstić information content (AvgIpc) is 2.99. The highest BCUT2D eigenvalue weighted by atomic mass is 35.5. The summed E-state index contributed by atoms with van der Waals surface area (Å²) in [6.07, 6.45) is 0.473. The van der Waals surface area contributed by atoms with Gasteiger partial charge in [-0.05, 0) is 55.2 Å². The van der Waals surface area contributed by atoms with Gasteiger partial charge in [0.1, 0.15) is 0 Å². The maximum Gasteiger partial charge on any atom is 0.319 e. The van der Waals surface area contributed by atoms with Crippen molar-refractivity contribution in [1.82, 2.24) is 10.2 Å². The van der Waals surface area contributed by atoms with Crippen LogP contribution in [0.3, 0.4) is 0 Å². The highest BCUT2D eigenvalue weighted by Crippen LogP contribution is 2.25.